The molecule has 25 heavy (non-hydrogen) atoms. The lowest BCUT2D eigenvalue weighted by Gasteiger charge is -2.09. The standard InChI is InChI=1S/C18H14N6O/c1-23-17(25)14-7-2-3-8-15(14)24-16(21-22-18(23)24)11-20-13-6-4-5-12(9-13)10-19/h2-9,20H,11H2,1H3. The second-order valence-electron chi connectivity index (χ2n) is 5.68. The molecule has 0 fully saturated rings. The van der Waals surface area contributed by atoms with Gasteiger partial charge in [0.05, 0.1) is 29.1 Å². The molecule has 0 atom stereocenters. The normalized spacial score (nSPS) is 10.9. The fraction of sp³-hybridized carbons (Fsp3) is 0.111. The number of fused-ring (bicyclic) bond motifs is 3. The molecule has 0 bridgehead atoms. The highest BCUT2D eigenvalue weighted by Crippen LogP contribution is 2.15. The third-order valence-electron chi connectivity index (χ3n) is 4.14. The predicted molar refractivity (Wildman–Crippen MR) is 94.2 cm³/mol. The van der Waals surface area contributed by atoms with Crippen LogP contribution in [0.5, 0.6) is 0 Å². The summed E-state index contributed by atoms with van der Waals surface area (Å²) < 4.78 is 3.37. The summed E-state index contributed by atoms with van der Waals surface area (Å²) in [6.45, 7) is 0.415. The molecule has 1 N–H and O–H groups in total. The summed E-state index contributed by atoms with van der Waals surface area (Å²) in [6, 6.07) is 16.8. The fourth-order valence-corrected chi connectivity index (χ4v) is 2.89. The molecule has 0 aliphatic heterocycles. The third kappa shape index (κ3) is 2.40. The van der Waals surface area contributed by atoms with Gasteiger partial charge in [0.2, 0.25) is 5.78 Å². The zero-order chi connectivity index (χ0) is 17.4. The van der Waals surface area contributed by atoms with E-state index in [9.17, 15) is 4.79 Å². The summed E-state index contributed by atoms with van der Waals surface area (Å²) in [6.07, 6.45) is 0. The van der Waals surface area contributed by atoms with E-state index in [0.717, 1.165) is 11.2 Å². The van der Waals surface area contributed by atoms with E-state index in [-0.39, 0.29) is 5.56 Å². The number of hydrogen-bond donors (Lipinski definition) is 1. The minimum atomic E-state index is -0.100. The van der Waals surface area contributed by atoms with Crippen molar-refractivity contribution in [2.24, 2.45) is 7.05 Å². The van der Waals surface area contributed by atoms with Gasteiger partial charge in [0, 0.05) is 12.7 Å². The van der Waals surface area contributed by atoms with Crippen LogP contribution in [0.2, 0.25) is 0 Å². The van der Waals surface area contributed by atoms with Gasteiger partial charge in [0.25, 0.3) is 5.56 Å². The first-order valence-corrected chi connectivity index (χ1v) is 7.75. The van der Waals surface area contributed by atoms with E-state index in [2.05, 4.69) is 21.6 Å². The van der Waals surface area contributed by atoms with Crippen molar-refractivity contribution in [2.75, 3.05) is 5.32 Å². The van der Waals surface area contributed by atoms with Crippen LogP contribution in [0.25, 0.3) is 16.7 Å². The van der Waals surface area contributed by atoms with Crippen molar-refractivity contribution in [1.82, 2.24) is 19.2 Å². The van der Waals surface area contributed by atoms with Gasteiger partial charge in [-0.3, -0.25) is 13.8 Å². The summed E-state index contributed by atoms with van der Waals surface area (Å²) in [5.74, 6) is 1.18. The third-order valence-corrected chi connectivity index (χ3v) is 4.14. The Balaban J connectivity index is 1.81. The van der Waals surface area contributed by atoms with Gasteiger partial charge in [-0.2, -0.15) is 5.26 Å². The number of nitriles is 1. The lowest BCUT2D eigenvalue weighted by atomic mass is 10.2. The molecular formula is C18H14N6O. The number of para-hydroxylation sites is 1. The largest absolute Gasteiger partial charge is 0.378 e. The van der Waals surface area contributed by atoms with Gasteiger partial charge in [0.1, 0.15) is 0 Å². The van der Waals surface area contributed by atoms with E-state index >= 15 is 0 Å². The maximum atomic E-state index is 12.4. The molecule has 2 aromatic heterocycles. The van der Waals surface area contributed by atoms with E-state index < -0.39 is 0 Å². The maximum Gasteiger partial charge on any atom is 0.262 e. The SMILES string of the molecule is Cn1c(=O)c2ccccc2n2c(CNc3cccc(C#N)c3)nnc12. The molecular weight excluding hydrogens is 316 g/mol. The van der Waals surface area contributed by atoms with Crippen LogP contribution in [0.1, 0.15) is 11.4 Å². The van der Waals surface area contributed by atoms with Crippen LogP contribution in [0.15, 0.2) is 53.3 Å². The lowest BCUT2D eigenvalue weighted by Crippen LogP contribution is -2.20. The van der Waals surface area contributed by atoms with Crippen molar-refractivity contribution in [1.29, 1.82) is 5.26 Å². The quantitative estimate of drug-likeness (QED) is 0.621. The van der Waals surface area contributed by atoms with E-state index in [1.165, 1.54) is 4.57 Å². The van der Waals surface area contributed by atoms with Crippen molar-refractivity contribution in [3.05, 3.63) is 70.3 Å². The molecule has 0 aliphatic rings. The number of nitrogens with one attached hydrogen (secondary N) is 1. The van der Waals surface area contributed by atoms with Crippen LogP contribution >= 0.6 is 0 Å². The van der Waals surface area contributed by atoms with Gasteiger partial charge in [-0.1, -0.05) is 18.2 Å². The Bertz CT molecular complexity index is 1200. The summed E-state index contributed by atoms with van der Waals surface area (Å²) in [5.41, 5.74) is 2.08. The van der Waals surface area contributed by atoms with E-state index in [4.69, 9.17) is 5.26 Å². The topological polar surface area (TPSA) is 88.0 Å². The molecule has 122 valence electrons. The number of hydrogen-bond acceptors (Lipinski definition) is 5. The molecule has 0 aliphatic carbocycles. The van der Waals surface area contributed by atoms with E-state index in [1.807, 2.05) is 34.7 Å². The Morgan fingerprint density at radius 2 is 2.00 bits per heavy atom. The number of nitrogens with zero attached hydrogens (tertiary/aromatic N) is 5. The molecule has 7 heteroatoms. The van der Waals surface area contributed by atoms with E-state index in [0.29, 0.717) is 29.1 Å². The van der Waals surface area contributed by atoms with Crippen molar-refractivity contribution in [2.45, 2.75) is 6.54 Å². The maximum absolute atomic E-state index is 12.4. The highest BCUT2D eigenvalue weighted by molar-refractivity contribution is 5.80. The minimum absolute atomic E-state index is 0.100. The van der Waals surface area contributed by atoms with Gasteiger partial charge in [-0.05, 0) is 30.3 Å². The molecule has 4 rings (SSSR count). The average Bonchev–Trinajstić information content (AvgIpc) is 3.09. The van der Waals surface area contributed by atoms with Crippen molar-refractivity contribution in [3.63, 3.8) is 0 Å². The molecule has 7 nitrogen and oxygen atoms in total. The van der Waals surface area contributed by atoms with Crippen molar-refractivity contribution in [3.8, 4) is 6.07 Å². The first-order valence-electron chi connectivity index (χ1n) is 7.75. The summed E-state index contributed by atoms with van der Waals surface area (Å²) in [4.78, 5) is 12.4. The Morgan fingerprint density at radius 3 is 2.84 bits per heavy atom. The zero-order valence-electron chi connectivity index (χ0n) is 13.5. The number of aromatic nitrogens is 4. The molecule has 0 spiro atoms. The van der Waals surface area contributed by atoms with Crippen molar-refractivity contribution >= 4 is 22.4 Å². The Morgan fingerprint density at radius 1 is 1.16 bits per heavy atom. The second kappa shape index (κ2) is 5.76. The summed E-state index contributed by atoms with van der Waals surface area (Å²) >= 11 is 0. The first kappa shape index (κ1) is 14.9. The highest BCUT2D eigenvalue weighted by Gasteiger charge is 2.14. The van der Waals surface area contributed by atoms with Crippen LogP contribution in [-0.2, 0) is 13.6 Å². The summed E-state index contributed by atoms with van der Waals surface area (Å²) in [5, 5.41) is 21.3. The van der Waals surface area contributed by atoms with Crippen molar-refractivity contribution < 1.29 is 0 Å². The molecule has 4 aromatic rings. The number of aryl methyl sites for hydroxylation is 1. The number of rotatable bonds is 3. The van der Waals surface area contributed by atoms with Gasteiger partial charge >= 0.3 is 0 Å². The van der Waals surface area contributed by atoms with Crippen LogP contribution in [-0.4, -0.2) is 19.2 Å². The second-order valence-corrected chi connectivity index (χ2v) is 5.68. The lowest BCUT2D eigenvalue weighted by molar-refractivity contribution is 0.855. The molecule has 0 saturated heterocycles. The zero-order valence-corrected chi connectivity index (χ0v) is 13.5. The molecule has 0 unspecified atom stereocenters. The van der Waals surface area contributed by atoms with E-state index in [1.54, 1.807) is 25.2 Å². The molecule has 2 heterocycles. The van der Waals surface area contributed by atoms with Gasteiger partial charge < -0.3 is 5.32 Å². The average molecular weight is 330 g/mol. The smallest absolute Gasteiger partial charge is 0.262 e. The minimum Gasteiger partial charge on any atom is -0.378 e. The molecule has 0 amide bonds. The Kier molecular flexibility index (Phi) is 3.43. The van der Waals surface area contributed by atoms with Crippen LogP contribution in [0.4, 0.5) is 5.69 Å². The highest BCUT2D eigenvalue weighted by atomic mass is 16.1. The van der Waals surface area contributed by atoms with Crippen LogP contribution in [0, 0.1) is 11.3 Å². The Labute approximate surface area is 142 Å². The first-order chi connectivity index (χ1) is 12.2. The Hall–Kier alpha value is -3.66. The molecule has 2 aromatic carbocycles. The van der Waals surface area contributed by atoms with Crippen LogP contribution in [0.3, 0.4) is 0 Å². The predicted octanol–water partition coefficient (Wildman–Crippen LogP) is 2.06. The fourth-order valence-electron chi connectivity index (χ4n) is 2.89. The number of anilines is 1. The number of benzene rings is 2. The van der Waals surface area contributed by atoms with Gasteiger partial charge in [-0.25, -0.2) is 0 Å². The van der Waals surface area contributed by atoms with Gasteiger partial charge in [-0.15, -0.1) is 10.2 Å². The van der Waals surface area contributed by atoms with Gasteiger partial charge in [0.15, 0.2) is 5.82 Å². The summed E-state index contributed by atoms with van der Waals surface area (Å²) in [7, 11) is 1.69. The molecule has 0 radical (unpaired) electrons. The van der Waals surface area contributed by atoms with Crippen LogP contribution < -0.4 is 10.9 Å². The monoisotopic (exact) mass is 330 g/mol. The molecule has 0 saturated carbocycles.